The van der Waals surface area contributed by atoms with Crippen LogP contribution >= 0.6 is 0 Å². The highest BCUT2D eigenvalue weighted by Crippen LogP contribution is 2.28. The van der Waals surface area contributed by atoms with Crippen molar-refractivity contribution in [1.82, 2.24) is 0 Å². The molecule has 112 valence electrons. The minimum absolute atomic E-state index is 0.128. The van der Waals surface area contributed by atoms with E-state index < -0.39 is 0 Å². The second kappa shape index (κ2) is 7.92. The van der Waals surface area contributed by atoms with E-state index in [9.17, 15) is 4.79 Å². The van der Waals surface area contributed by atoms with Crippen molar-refractivity contribution >= 4 is 17.2 Å². The Balaban J connectivity index is 1.94. The third kappa shape index (κ3) is 4.13. The maximum Gasteiger partial charge on any atom is 0.173 e. The molecule has 0 N–H and O–H groups in total. The number of rotatable bonds is 7. The molecule has 0 saturated heterocycles. The fourth-order valence-corrected chi connectivity index (χ4v) is 2.63. The van der Waals surface area contributed by atoms with Crippen molar-refractivity contribution in [2.75, 3.05) is 0 Å². The lowest BCUT2D eigenvalue weighted by Crippen LogP contribution is -2.23. The number of aliphatic imine (C=N–C) groups is 1. The van der Waals surface area contributed by atoms with Crippen LogP contribution in [0.4, 0.5) is 5.69 Å². The molecule has 0 aliphatic carbocycles. The van der Waals surface area contributed by atoms with Gasteiger partial charge in [0.15, 0.2) is 5.78 Å². The molecule has 1 aliphatic rings. The van der Waals surface area contributed by atoms with Crippen LogP contribution in [0.25, 0.3) is 0 Å². The molecule has 0 aromatic heterocycles. The van der Waals surface area contributed by atoms with Crippen molar-refractivity contribution < 1.29 is 4.79 Å². The van der Waals surface area contributed by atoms with Gasteiger partial charge >= 0.3 is 0 Å². The van der Waals surface area contributed by atoms with Crippen LogP contribution in [0.5, 0.6) is 0 Å². The minimum atomic E-state index is -0.128. The van der Waals surface area contributed by atoms with Gasteiger partial charge in [-0.3, -0.25) is 9.79 Å². The molecule has 1 heterocycles. The number of carbonyl (C=O) groups excluding carboxylic acids is 1. The van der Waals surface area contributed by atoms with Gasteiger partial charge in [-0.1, -0.05) is 50.8 Å². The summed E-state index contributed by atoms with van der Waals surface area (Å²) in [7, 11) is 0. The zero-order valence-electron chi connectivity index (χ0n) is 13.1. The molecular formula is C19H25NO. The molecule has 1 atom stereocenters. The Morgan fingerprint density at radius 3 is 2.71 bits per heavy atom. The van der Waals surface area contributed by atoms with E-state index in [0.29, 0.717) is 0 Å². The first kappa shape index (κ1) is 15.7. The van der Waals surface area contributed by atoms with Crippen LogP contribution in [0.1, 0.15) is 62.7 Å². The van der Waals surface area contributed by atoms with Crippen LogP contribution in [-0.2, 0) is 0 Å². The van der Waals surface area contributed by atoms with Crippen molar-refractivity contribution in [1.29, 1.82) is 0 Å². The highest BCUT2D eigenvalue weighted by Gasteiger charge is 2.25. The molecular weight excluding hydrogens is 258 g/mol. The second-order valence-electron chi connectivity index (χ2n) is 5.75. The Labute approximate surface area is 128 Å². The smallest absolute Gasteiger partial charge is 0.173 e. The van der Waals surface area contributed by atoms with Gasteiger partial charge in [-0.25, -0.2) is 0 Å². The average Bonchev–Trinajstić information content (AvgIpc) is 2.51. The first-order chi connectivity index (χ1) is 10.2. The molecule has 0 bridgehead atoms. The Hall–Kier alpha value is -1.70. The Morgan fingerprint density at radius 2 is 1.90 bits per heavy atom. The number of Topliss-reactive ketones (excluding diaryl/α,β-unsaturated/α-hetero) is 1. The molecule has 1 unspecified atom stereocenters. The normalized spacial score (nSPS) is 17.9. The summed E-state index contributed by atoms with van der Waals surface area (Å²) in [6.07, 6.45) is 11.7. The molecule has 1 aliphatic heterocycles. The van der Waals surface area contributed by atoms with Crippen molar-refractivity contribution in [2.24, 2.45) is 10.9 Å². The maximum atomic E-state index is 12.3. The van der Waals surface area contributed by atoms with Crippen molar-refractivity contribution in [3.63, 3.8) is 0 Å². The van der Waals surface area contributed by atoms with Crippen LogP contribution in [0, 0.1) is 5.92 Å². The molecule has 2 nitrogen and oxygen atoms in total. The van der Waals surface area contributed by atoms with Gasteiger partial charge in [-0.05, 0) is 38.0 Å². The summed E-state index contributed by atoms with van der Waals surface area (Å²) in [5, 5.41) is 0. The predicted molar refractivity (Wildman–Crippen MR) is 89.5 cm³/mol. The van der Waals surface area contributed by atoms with Crippen molar-refractivity contribution in [2.45, 2.75) is 52.4 Å². The Kier molecular flexibility index (Phi) is 5.91. The SMILES string of the molecule is CCCCCCC/C=C/C1=Nc2ccccc2C(=O)C1C. The van der Waals surface area contributed by atoms with E-state index in [1.165, 1.54) is 32.1 Å². The third-order valence-electron chi connectivity index (χ3n) is 4.02. The third-order valence-corrected chi connectivity index (χ3v) is 4.02. The van der Waals surface area contributed by atoms with Gasteiger partial charge in [-0.15, -0.1) is 0 Å². The van der Waals surface area contributed by atoms with E-state index in [0.717, 1.165) is 23.4 Å². The quantitative estimate of drug-likeness (QED) is 0.607. The number of fused-ring (bicyclic) bond motifs is 1. The number of carbonyl (C=O) groups is 1. The lowest BCUT2D eigenvalue weighted by molar-refractivity contribution is 0.0960. The van der Waals surface area contributed by atoms with Gasteiger partial charge in [0.05, 0.1) is 17.3 Å². The largest absolute Gasteiger partial charge is 0.293 e. The number of hydrogen-bond donors (Lipinski definition) is 0. The van der Waals surface area contributed by atoms with Gasteiger partial charge in [0.2, 0.25) is 0 Å². The lowest BCUT2D eigenvalue weighted by Gasteiger charge is -2.18. The fraction of sp³-hybridized carbons (Fsp3) is 0.474. The molecule has 0 amide bonds. The molecule has 0 radical (unpaired) electrons. The number of ketones is 1. The number of para-hydroxylation sites is 1. The van der Waals surface area contributed by atoms with Crippen LogP contribution in [0.15, 0.2) is 41.4 Å². The summed E-state index contributed by atoms with van der Waals surface area (Å²) in [4.78, 5) is 17.0. The van der Waals surface area contributed by atoms with E-state index in [-0.39, 0.29) is 11.7 Å². The van der Waals surface area contributed by atoms with Crippen LogP contribution in [-0.4, -0.2) is 11.5 Å². The summed E-state index contributed by atoms with van der Waals surface area (Å²) >= 11 is 0. The molecule has 1 aromatic rings. The summed E-state index contributed by atoms with van der Waals surface area (Å²) in [5.74, 6) is 0.0550. The number of benzene rings is 1. The average molecular weight is 283 g/mol. The van der Waals surface area contributed by atoms with Crippen molar-refractivity contribution in [3.8, 4) is 0 Å². The molecule has 2 heteroatoms. The molecule has 21 heavy (non-hydrogen) atoms. The van der Waals surface area contributed by atoms with Gasteiger partial charge in [0.25, 0.3) is 0 Å². The molecule has 2 rings (SSSR count). The minimum Gasteiger partial charge on any atom is -0.293 e. The molecule has 1 aromatic carbocycles. The van der Waals surface area contributed by atoms with Crippen LogP contribution in [0.2, 0.25) is 0 Å². The summed E-state index contributed by atoms with van der Waals surface area (Å²) in [6, 6.07) is 7.61. The van der Waals surface area contributed by atoms with Gasteiger partial charge in [-0.2, -0.15) is 0 Å². The molecule has 0 saturated carbocycles. The topological polar surface area (TPSA) is 29.4 Å². The highest BCUT2D eigenvalue weighted by molar-refractivity contribution is 6.20. The van der Waals surface area contributed by atoms with Gasteiger partial charge in [0, 0.05) is 5.56 Å². The Morgan fingerprint density at radius 1 is 1.14 bits per heavy atom. The fourth-order valence-electron chi connectivity index (χ4n) is 2.63. The lowest BCUT2D eigenvalue weighted by atomic mass is 9.90. The van der Waals surface area contributed by atoms with E-state index in [1.807, 2.05) is 37.3 Å². The molecule has 0 spiro atoms. The van der Waals surface area contributed by atoms with Gasteiger partial charge < -0.3 is 0 Å². The number of hydrogen-bond acceptors (Lipinski definition) is 2. The first-order valence-corrected chi connectivity index (χ1v) is 8.12. The standard InChI is InChI=1S/C19H25NO/c1-3-4-5-6-7-8-9-13-17-15(2)19(21)16-12-10-11-14-18(16)20-17/h9-15H,3-8H2,1-2H3/b13-9+. The Bertz CT molecular complexity index is 542. The highest BCUT2D eigenvalue weighted by atomic mass is 16.1. The first-order valence-electron chi connectivity index (χ1n) is 8.12. The van der Waals surface area contributed by atoms with Crippen LogP contribution in [0.3, 0.4) is 0 Å². The number of nitrogens with zero attached hydrogens (tertiary/aromatic N) is 1. The van der Waals surface area contributed by atoms with E-state index in [1.54, 1.807) is 0 Å². The van der Waals surface area contributed by atoms with E-state index in [4.69, 9.17) is 0 Å². The van der Waals surface area contributed by atoms with Crippen molar-refractivity contribution in [3.05, 3.63) is 42.0 Å². The van der Waals surface area contributed by atoms with Gasteiger partial charge in [0.1, 0.15) is 0 Å². The van der Waals surface area contributed by atoms with E-state index in [2.05, 4.69) is 18.0 Å². The summed E-state index contributed by atoms with van der Waals surface area (Å²) in [5.41, 5.74) is 2.46. The maximum absolute atomic E-state index is 12.3. The number of allylic oxidation sites excluding steroid dienone is 2. The predicted octanol–water partition coefficient (Wildman–Crippen LogP) is 5.51. The molecule has 0 fully saturated rings. The summed E-state index contributed by atoms with van der Waals surface area (Å²) in [6.45, 7) is 4.18. The second-order valence-corrected chi connectivity index (χ2v) is 5.75. The van der Waals surface area contributed by atoms with Crippen LogP contribution < -0.4 is 0 Å². The monoisotopic (exact) mass is 283 g/mol. The number of unbranched alkanes of at least 4 members (excludes halogenated alkanes) is 5. The summed E-state index contributed by atoms with van der Waals surface area (Å²) < 4.78 is 0. The zero-order valence-corrected chi connectivity index (χ0v) is 13.1. The zero-order chi connectivity index (χ0) is 15.1. The van der Waals surface area contributed by atoms with E-state index >= 15 is 0 Å².